The molecular formula is C12H8ClFO2S. The first kappa shape index (κ1) is 12.1. The molecule has 0 heterocycles. The van der Waals surface area contributed by atoms with Crippen molar-refractivity contribution in [2.24, 2.45) is 0 Å². The fourth-order valence-corrected chi connectivity index (χ4v) is 2.82. The largest absolute Gasteiger partial charge is 0.264 e. The summed E-state index contributed by atoms with van der Waals surface area (Å²) in [5, 5.41) is 0. The minimum Gasteiger partial charge on any atom is -0.207 e. The second-order valence-corrected chi connectivity index (χ2v) is 5.92. The predicted octanol–water partition coefficient (Wildman–Crippen LogP) is 3.42. The topological polar surface area (TPSA) is 34.1 Å². The lowest BCUT2D eigenvalue weighted by Gasteiger charge is -2.07. The van der Waals surface area contributed by atoms with Crippen molar-refractivity contribution in [1.29, 1.82) is 0 Å². The van der Waals surface area contributed by atoms with Crippen LogP contribution < -0.4 is 0 Å². The summed E-state index contributed by atoms with van der Waals surface area (Å²) in [5.41, 5.74) is 0.867. The first-order valence-electron chi connectivity index (χ1n) is 4.79. The molecule has 0 N–H and O–H groups in total. The Hall–Kier alpha value is -1.39. The van der Waals surface area contributed by atoms with Gasteiger partial charge in [0.05, 0.1) is 0 Å². The summed E-state index contributed by atoms with van der Waals surface area (Å²) in [6.45, 7) is 0. The van der Waals surface area contributed by atoms with Crippen LogP contribution in [0, 0.1) is 5.82 Å². The number of hydrogen-bond donors (Lipinski definition) is 0. The van der Waals surface area contributed by atoms with Gasteiger partial charge in [0.2, 0.25) is 0 Å². The van der Waals surface area contributed by atoms with Gasteiger partial charge in [-0.3, -0.25) is 0 Å². The van der Waals surface area contributed by atoms with E-state index in [1.165, 1.54) is 12.1 Å². The standard InChI is InChI=1S/C12H8ClFO2S/c13-17(15,16)12-10(7-4-8-11(12)14)9-5-2-1-3-6-9/h1-8H. The van der Waals surface area contributed by atoms with Crippen LogP contribution in [-0.4, -0.2) is 8.42 Å². The van der Waals surface area contributed by atoms with E-state index in [4.69, 9.17) is 10.7 Å². The zero-order valence-electron chi connectivity index (χ0n) is 8.60. The van der Waals surface area contributed by atoms with Crippen LogP contribution in [0.5, 0.6) is 0 Å². The maximum absolute atomic E-state index is 13.6. The molecule has 0 unspecified atom stereocenters. The van der Waals surface area contributed by atoms with Crippen molar-refractivity contribution >= 4 is 19.7 Å². The number of halogens is 2. The van der Waals surface area contributed by atoms with Crippen molar-refractivity contribution in [1.82, 2.24) is 0 Å². The van der Waals surface area contributed by atoms with Crippen LogP contribution in [-0.2, 0) is 9.05 Å². The summed E-state index contributed by atoms with van der Waals surface area (Å²) in [6.07, 6.45) is 0. The van der Waals surface area contributed by atoms with Crippen molar-refractivity contribution in [2.45, 2.75) is 4.90 Å². The van der Waals surface area contributed by atoms with Gasteiger partial charge in [-0.05, 0) is 11.6 Å². The summed E-state index contributed by atoms with van der Waals surface area (Å²) in [4.78, 5) is -0.479. The molecule has 2 rings (SSSR count). The Morgan fingerprint density at radius 2 is 1.59 bits per heavy atom. The molecule has 0 fully saturated rings. The SMILES string of the molecule is O=S(=O)(Cl)c1c(F)cccc1-c1ccccc1. The third kappa shape index (κ3) is 2.48. The smallest absolute Gasteiger partial charge is 0.207 e. The minimum atomic E-state index is -4.12. The molecule has 0 spiro atoms. The van der Waals surface area contributed by atoms with Crippen molar-refractivity contribution in [3.63, 3.8) is 0 Å². The van der Waals surface area contributed by atoms with E-state index >= 15 is 0 Å². The van der Waals surface area contributed by atoms with Gasteiger partial charge in [-0.15, -0.1) is 0 Å². The second-order valence-electron chi connectivity index (χ2n) is 3.42. The van der Waals surface area contributed by atoms with E-state index in [2.05, 4.69) is 0 Å². The third-order valence-corrected chi connectivity index (χ3v) is 3.66. The highest BCUT2D eigenvalue weighted by atomic mass is 35.7. The second kappa shape index (κ2) is 4.47. The average Bonchev–Trinajstić information content (AvgIpc) is 2.28. The van der Waals surface area contributed by atoms with E-state index in [-0.39, 0.29) is 5.56 Å². The molecule has 0 aliphatic heterocycles. The molecule has 0 bridgehead atoms. The number of hydrogen-bond acceptors (Lipinski definition) is 2. The Balaban J connectivity index is 2.76. The van der Waals surface area contributed by atoms with E-state index in [0.29, 0.717) is 5.56 Å². The van der Waals surface area contributed by atoms with Crippen LogP contribution in [0.15, 0.2) is 53.4 Å². The Labute approximate surface area is 103 Å². The van der Waals surface area contributed by atoms with Gasteiger partial charge in [-0.2, -0.15) is 0 Å². The van der Waals surface area contributed by atoms with Gasteiger partial charge in [-0.1, -0.05) is 42.5 Å². The molecule has 0 aliphatic rings. The van der Waals surface area contributed by atoms with E-state index in [0.717, 1.165) is 6.07 Å². The van der Waals surface area contributed by atoms with Crippen molar-refractivity contribution in [2.75, 3.05) is 0 Å². The molecule has 2 aromatic carbocycles. The van der Waals surface area contributed by atoms with Gasteiger partial charge in [0.15, 0.2) is 0 Å². The van der Waals surface area contributed by atoms with Crippen molar-refractivity contribution < 1.29 is 12.8 Å². The van der Waals surface area contributed by atoms with Crippen LogP contribution >= 0.6 is 10.7 Å². The summed E-state index contributed by atoms with van der Waals surface area (Å²) in [7, 11) is 1.14. The Bertz CT molecular complexity index is 639. The Morgan fingerprint density at radius 3 is 2.18 bits per heavy atom. The maximum atomic E-state index is 13.6. The number of benzene rings is 2. The van der Waals surface area contributed by atoms with E-state index < -0.39 is 19.8 Å². The zero-order valence-corrected chi connectivity index (χ0v) is 10.2. The van der Waals surface area contributed by atoms with E-state index in [9.17, 15) is 12.8 Å². The van der Waals surface area contributed by atoms with E-state index in [1.54, 1.807) is 30.3 Å². The fourth-order valence-electron chi connectivity index (χ4n) is 1.60. The van der Waals surface area contributed by atoms with Crippen LogP contribution in [0.3, 0.4) is 0 Å². The lowest BCUT2D eigenvalue weighted by atomic mass is 10.1. The van der Waals surface area contributed by atoms with Gasteiger partial charge in [-0.25, -0.2) is 12.8 Å². The average molecular weight is 271 g/mol. The summed E-state index contributed by atoms with van der Waals surface area (Å²) < 4.78 is 36.3. The first-order valence-corrected chi connectivity index (χ1v) is 7.09. The molecule has 0 atom stereocenters. The lowest BCUT2D eigenvalue weighted by molar-refractivity contribution is 0.576. The maximum Gasteiger partial charge on any atom is 0.264 e. The Kier molecular flexibility index (Phi) is 3.17. The van der Waals surface area contributed by atoms with Crippen LogP contribution in [0.1, 0.15) is 0 Å². The zero-order chi connectivity index (χ0) is 12.5. The lowest BCUT2D eigenvalue weighted by Crippen LogP contribution is -1.98. The summed E-state index contributed by atoms with van der Waals surface area (Å²) in [5.74, 6) is -0.846. The summed E-state index contributed by atoms with van der Waals surface area (Å²) >= 11 is 0. The molecule has 0 radical (unpaired) electrons. The predicted molar refractivity (Wildman–Crippen MR) is 64.9 cm³/mol. The van der Waals surface area contributed by atoms with Crippen LogP contribution in [0.2, 0.25) is 0 Å². The number of rotatable bonds is 2. The molecule has 0 saturated heterocycles. The van der Waals surface area contributed by atoms with Gasteiger partial charge < -0.3 is 0 Å². The Morgan fingerprint density at radius 1 is 0.941 bits per heavy atom. The molecular weight excluding hydrogens is 263 g/mol. The quantitative estimate of drug-likeness (QED) is 0.784. The highest BCUT2D eigenvalue weighted by Gasteiger charge is 2.21. The van der Waals surface area contributed by atoms with Gasteiger partial charge in [0.25, 0.3) is 9.05 Å². The summed E-state index contributed by atoms with van der Waals surface area (Å²) in [6, 6.07) is 12.7. The monoisotopic (exact) mass is 270 g/mol. The molecule has 2 nitrogen and oxygen atoms in total. The van der Waals surface area contributed by atoms with Gasteiger partial charge in [0, 0.05) is 16.2 Å². The van der Waals surface area contributed by atoms with E-state index in [1.807, 2.05) is 0 Å². The first-order chi connectivity index (χ1) is 8.00. The molecule has 17 heavy (non-hydrogen) atoms. The highest BCUT2D eigenvalue weighted by Crippen LogP contribution is 2.31. The molecule has 5 heteroatoms. The van der Waals surface area contributed by atoms with Gasteiger partial charge in [0.1, 0.15) is 10.7 Å². The molecule has 2 aromatic rings. The van der Waals surface area contributed by atoms with Crippen molar-refractivity contribution in [3.05, 3.63) is 54.3 Å². The van der Waals surface area contributed by atoms with Gasteiger partial charge >= 0.3 is 0 Å². The van der Waals surface area contributed by atoms with Crippen LogP contribution in [0.4, 0.5) is 4.39 Å². The molecule has 0 aliphatic carbocycles. The minimum absolute atomic E-state index is 0.264. The normalized spacial score (nSPS) is 11.4. The van der Waals surface area contributed by atoms with Crippen molar-refractivity contribution in [3.8, 4) is 11.1 Å². The fraction of sp³-hybridized carbons (Fsp3) is 0. The highest BCUT2D eigenvalue weighted by molar-refractivity contribution is 8.13. The third-order valence-electron chi connectivity index (χ3n) is 2.30. The molecule has 88 valence electrons. The molecule has 0 aromatic heterocycles. The molecule has 0 amide bonds. The molecule has 0 saturated carbocycles. The van der Waals surface area contributed by atoms with Crippen LogP contribution in [0.25, 0.3) is 11.1 Å².